The molecule has 0 saturated heterocycles. The van der Waals surface area contributed by atoms with Gasteiger partial charge in [0.05, 0.1) is 6.07 Å². The van der Waals surface area contributed by atoms with E-state index in [-0.39, 0.29) is 5.54 Å². The Bertz CT molecular complexity index is 276. The predicted octanol–water partition coefficient (Wildman–Crippen LogP) is 3.48. The molecule has 1 unspecified atom stereocenters. The normalized spacial score (nSPS) is 25.2. The summed E-state index contributed by atoms with van der Waals surface area (Å²) < 4.78 is 0. The van der Waals surface area contributed by atoms with Gasteiger partial charge in [-0.25, -0.2) is 0 Å². The second-order valence-corrected chi connectivity index (χ2v) is 7.15. The van der Waals surface area contributed by atoms with Gasteiger partial charge in [0.25, 0.3) is 0 Å². The SMILES string of the molecule is CC(C#N)(CCSC1CCCCC1)NC1CC1. The third-order valence-electron chi connectivity index (χ3n) is 3.85. The van der Waals surface area contributed by atoms with E-state index in [2.05, 4.69) is 30.1 Å². The van der Waals surface area contributed by atoms with E-state index in [4.69, 9.17) is 0 Å². The molecule has 0 bridgehead atoms. The van der Waals surface area contributed by atoms with Gasteiger partial charge in [-0.3, -0.25) is 5.32 Å². The van der Waals surface area contributed by atoms with Crippen molar-refractivity contribution in [3.63, 3.8) is 0 Å². The minimum absolute atomic E-state index is 0.289. The zero-order valence-electron chi connectivity index (χ0n) is 10.9. The van der Waals surface area contributed by atoms with E-state index >= 15 is 0 Å². The highest BCUT2D eigenvalue weighted by atomic mass is 32.2. The molecule has 2 aliphatic carbocycles. The summed E-state index contributed by atoms with van der Waals surface area (Å²) in [4.78, 5) is 0. The lowest BCUT2D eigenvalue weighted by Crippen LogP contribution is -2.42. The van der Waals surface area contributed by atoms with Gasteiger partial charge in [-0.05, 0) is 44.8 Å². The minimum atomic E-state index is -0.289. The van der Waals surface area contributed by atoms with Gasteiger partial charge in [-0.15, -0.1) is 0 Å². The first kappa shape index (κ1) is 13.2. The van der Waals surface area contributed by atoms with E-state index in [0.29, 0.717) is 6.04 Å². The summed E-state index contributed by atoms with van der Waals surface area (Å²) in [5.41, 5.74) is -0.289. The molecule has 1 atom stereocenters. The average Bonchev–Trinajstić information content (AvgIpc) is 3.14. The molecule has 0 aromatic heterocycles. The zero-order valence-corrected chi connectivity index (χ0v) is 11.7. The molecule has 0 radical (unpaired) electrons. The maximum atomic E-state index is 9.28. The van der Waals surface area contributed by atoms with Crippen LogP contribution in [0.25, 0.3) is 0 Å². The Morgan fingerprint density at radius 3 is 2.53 bits per heavy atom. The molecule has 0 aromatic carbocycles. The Labute approximate surface area is 110 Å². The van der Waals surface area contributed by atoms with Crippen molar-refractivity contribution >= 4 is 11.8 Å². The molecule has 0 aliphatic heterocycles. The lowest BCUT2D eigenvalue weighted by molar-refractivity contribution is 0.433. The lowest BCUT2D eigenvalue weighted by Gasteiger charge is -2.25. The van der Waals surface area contributed by atoms with Crippen LogP contribution in [0.3, 0.4) is 0 Å². The molecule has 2 rings (SSSR count). The van der Waals surface area contributed by atoms with Crippen LogP contribution in [-0.4, -0.2) is 22.6 Å². The summed E-state index contributed by atoms with van der Waals surface area (Å²) in [7, 11) is 0. The predicted molar refractivity (Wildman–Crippen MR) is 74.1 cm³/mol. The van der Waals surface area contributed by atoms with E-state index in [1.165, 1.54) is 44.9 Å². The van der Waals surface area contributed by atoms with Gasteiger partial charge in [0, 0.05) is 11.3 Å². The van der Waals surface area contributed by atoms with Gasteiger partial charge in [0.2, 0.25) is 0 Å². The first-order chi connectivity index (χ1) is 8.22. The molecule has 96 valence electrons. The fourth-order valence-corrected chi connectivity index (χ4v) is 4.03. The molecule has 0 spiro atoms. The molecule has 0 amide bonds. The van der Waals surface area contributed by atoms with E-state index in [1.54, 1.807) is 0 Å². The van der Waals surface area contributed by atoms with Crippen molar-refractivity contribution in [2.24, 2.45) is 0 Å². The number of hydrogen-bond donors (Lipinski definition) is 1. The van der Waals surface area contributed by atoms with Crippen molar-refractivity contribution in [2.75, 3.05) is 5.75 Å². The monoisotopic (exact) mass is 252 g/mol. The molecule has 2 saturated carbocycles. The van der Waals surface area contributed by atoms with Crippen LogP contribution in [0, 0.1) is 11.3 Å². The molecular formula is C14H24N2S. The Hall–Kier alpha value is -0.200. The maximum Gasteiger partial charge on any atom is 0.104 e. The molecule has 17 heavy (non-hydrogen) atoms. The van der Waals surface area contributed by atoms with Gasteiger partial charge in [-0.1, -0.05) is 19.3 Å². The molecule has 3 heteroatoms. The van der Waals surface area contributed by atoms with Crippen LogP contribution in [0.4, 0.5) is 0 Å². The van der Waals surface area contributed by atoms with Gasteiger partial charge < -0.3 is 0 Å². The van der Waals surface area contributed by atoms with E-state index < -0.39 is 0 Å². The topological polar surface area (TPSA) is 35.8 Å². The quantitative estimate of drug-likeness (QED) is 0.786. The summed E-state index contributed by atoms with van der Waals surface area (Å²) in [6.07, 6.45) is 10.5. The molecule has 2 fully saturated rings. The highest BCUT2D eigenvalue weighted by molar-refractivity contribution is 7.99. The zero-order chi connectivity index (χ0) is 12.1. The van der Waals surface area contributed by atoms with Gasteiger partial charge >= 0.3 is 0 Å². The van der Waals surface area contributed by atoms with Crippen molar-refractivity contribution < 1.29 is 0 Å². The Kier molecular flexibility index (Phi) is 4.76. The van der Waals surface area contributed by atoms with Crippen LogP contribution >= 0.6 is 11.8 Å². The van der Waals surface area contributed by atoms with Crippen LogP contribution in [0.1, 0.15) is 58.3 Å². The van der Waals surface area contributed by atoms with E-state index in [9.17, 15) is 5.26 Å². The third-order valence-corrected chi connectivity index (χ3v) is 5.24. The molecule has 0 aromatic rings. The van der Waals surface area contributed by atoms with Crippen LogP contribution in [0.5, 0.6) is 0 Å². The number of rotatable bonds is 6. The van der Waals surface area contributed by atoms with Crippen molar-refractivity contribution in [3.05, 3.63) is 0 Å². The van der Waals surface area contributed by atoms with E-state index in [0.717, 1.165) is 17.4 Å². The van der Waals surface area contributed by atoms with E-state index in [1.807, 2.05) is 0 Å². The number of nitrogens with zero attached hydrogens (tertiary/aromatic N) is 1. The average molecular weight is 252 g/mol. The fourth-order valence-electron chi connectivity index (χ4n) is 2.50. The highest BCUT2D eigenvalue weighted by Crippen LogP contribution is 2.30. The summed E-state index contributed by atoms with van der Waals surface area (Å²) in [5.74, 6) is 1.13. The molecular weight excluding hydrogens is 228 g/mol. The van der Waals surface area contributed by atoms with Gasteiger partial charge in [-0.2, -0.15) is 17.0 Å². The van der Waals surface area contributed by atoms with Crippen molar-refractivity contribution in [1.29, 1.82) is 5.26 Å². The van der Waals surface area contributed by atoms with Crippen LogP contribution < -0.4 is 5.32 Å². The molecule has 1 N–H and O–H groups in total. The Morgan fingerprint density at radius 1 is 1.24 bits per heavy atom. The van der Waals surface area contributed by atoms with Crippen LogP contribution in [0.15, 0.2) is 0 Å². The number of thioether (sulfide) groups is 1. The second-order valence-electron chi connectivity index (χ2n) is 5.74. The summed E-state index contributed by atoms with van der Waals surface area (Å²) >= 11 is 2.10. The first-order valence-corrected chi connectivity index (χ1v) is 8.07. The number of hydrogen-bond acceptors (Lipinski definition) is 3. The van der Waals surface area contributed by atoms with Crippen LogP contribution in [-0.2, 0) is 0 Å². The van der Waals surface area contributed by atoms with Crippen molar-refractivity contribution in [2.45, 2.75) is 75.1 Å². The molecule has 2 nitrogen and oxygen atoms in total. The fraction of sp³-hybridized carbons (Fsp3) is 0.929. The summed E-state index contributed by atoms with van der Waals surface area (Å²) in [6.45, 7) is 2.06. The van der Waals surface area contributed by atoms with Crippen molar-refractivity contribution in [3.8, 4) is 6.07 Å². The Morgan fingerprint density at radius 2 is 1.94 bits per heavy atom. The maximum absolute atomic E-state index is 9.28. The summed E-state index contributed by atoms with van der Waals surface area (Å²) in [6, 6.07) is 3.09. The Balaban J connectivity index is 1.66. The standard InChI is InChI=1S/C14H24N2S/c1-14(11-15,16-12-7-8-12)9-10-17-13-5-3-2-4-6-13/h12-13,16H,2-10H2,1H3. The van der Waals surface area contributed by atoms with Gasteiger partial charge in [0.15, 0.2) is 0 Å². The van der Waals surface area contributed by atoms with Crippen LogP contribution in [0.2, 0.25) is 0 Å². The highest BCUT2D eigenvalue weighted by Gasteiger charge is 2.32. The molecule has 2 aliphatic rings. The third kappa shape index (κ3) is 4.52. The number of nitriles is 1. The number of nitrogens with one attached hydrogen (secondary N) is 1. The second kappa shape index (κ2) is 6.11. The molecule has 0 heterocycles. The minimum Gasteiger partial charge on any atom is -0.297 e. The van der Waals surface area contributed by atoms with Gasteiger partial charge in [0.1, 0.15) is 5.54 Å². The first-order valence-electron chi connectivity index (χ1n) is 7.02. The largest absolute Gasteiger partial charge is 0.297 e. The van der Waals surface area contributed by atoms with Crippen molar-refractivity contribution in [1.82, 2.24) is 5.32 Å². The lowest BCUT2D eigenvalue weighted by atomic mass is 10.0. The smallest absolute Gasteiger partial charge is 0.104 e. The summed E-state index contributed by atoms with van der Waals surface area (Å²) in [5, 5.41) is 13.6.